The minimum absolute atomic E-state index is 0.229. The van der Waals surface area contributed by atoms with E-state index in [-0.39, 0.29) is 6.04 Å². The smallest absolute Gasteiger partial charge is 0.133 e. The van der Waals surface area contributed by atoms with Gasteiger partial charge in [0.2, 0.25) is 0 Å². The van der Waals surface area contributed by atoms with Crippen LogP contribution in [0, 0.1) is 13.8 Å². The molecule has 6 heteroatoms. The molecule has 0 saturated carbocycles. The Kier molecular flexibility index (Phi) is 4.13. The Morgan fingerprint density at radius 1 is 1.24 bits per heavy atom. The van der Waals surface area contributed by atoms with Crippen molar-refractivity contribution < 1.29 is 0 Å². The lowest BCUT2D eigenvalue weighted by molar-refractivity contribution is 0.669. The SMILES string of the molecule is Cc1nc(CCN)cc(N2CCC[C@H]2c2nc3c(C)cccc3[nH]2)n1. The van der Waals surface area contributed by atoms with E-state index in [1.54, 1.807) is 0 Å². The van der Waals surface area contributed by atoms with E-state index in [2.05, 4.69) is 51.0 Å². The summed E-state index contributed by atoms with van der Waals surface area (Å²) in [6.45, 7) is 5.63. The molecule has 1 aromatic carbocycles. The Bertz CT molecular complexity index is 900. The highest BCUT2D eigenvalue weighted by molar-refractivity contribution is 5.78. The molecule has 1 aliphatic heterocycles. The Morgan fingerprint density at radius 2 is 2.12 bits per heavy atom. The largest absolute Gasteiger partial charge is 0.346 e. The fraction of sp³-hybridized carbons (Fsp3) is 0.421. The number of nitrogens with one attached hydrogen (secondary N) is 1. The van der Waals surface area contributed by atoms with Gasteiger partial charge in [-0.2, -0.15) is 0 Å². The molecule has 1 saturated heterocycles. The highest BCUT2D eigenvalue weighted by Gasteiger charge is 2.30. The molecule has 1 atom stereocenters. The number of hydrogen-bond acceptors (Lipinski definition) is 5. The Hall–Kier alpha value is -2.47. The molecule has 0 unspecified atom stereocenters. The zero-order valence-corrected chi connectivity index (χ0v) is 14.8. The predicted octanol–water partition coefficient (Wildman–Crippen LogP) is 2.81. The standard InChI is InChI=1S/C19H24N6/c1-12-5-3-6-15-18(12)24-19(23-15)16-7-4-10-25(16)17-11-14(8-9-20)21-13(2)22-17/h3,5-6,11,16H,4,7-10,20H2,1-2H3,(H,23,24)/t16-/m0/s1. The van der Waals surface area contributed by atoms with Crippen molar-refractivity contribution in [2.24, 2.45) is 5.73 Å². The van der Waals surface area contributed by atoms with Crippen molar-refractivity contribution >= 4 is 16.9 Å². The molecule has 3 aromatic rings. The molecule has 0 bridgehead atoms. The Morgan fingerprint density at radius 3 is 2.92 bits per heavy atom. The van der Waals surface area contributed by atoms with Gasteiger partial charge < -0.3 is 15.6 Å². The van der Waals surface area contributed by atoms with Crippen LogP contribution in [0.3, 0.4) is 0 Å². The van der Waals surface area contributed by atoms with Gasteiger partial charge in [-0.25, -0.2) is 15.0 Å². The van der Waals surface area contributed by atoms with Crippen molar-refractivity contribution in [2.75, 3.05) is 18.0 Å². The van der Waals surface area contributed by atoms with Gasteiger partial charge in [-0.1, -0.05) is 12.1 Å². The van der Waals surface area contributed by atoms with Crippen LogP contribution in [0.1, 0.15) is 41.8 Å². The van der Waals surface area contributed by atoms with Crippen LogP contribution in [0.5, 0.6) is 0 Å². The molecule has 1 aliphatic rings. The quantitative estimate of drug-likeness (QED) is 0.765. The lowest BCUT2D eigenvalue weighted by Crippen LogP contribution is -2.25. The van der Waals surface area contributed by atoms with Gasteiger partial charge in [0.1, 0.15) is 17.5 Å². The molecule has 130 valence electrons. The van der Waals surface area contributed by atoms with Gasteiger partial charge in [-0.15, -0.1) is 0 Å². The van der Waals surface area contributed by atoms with Crippen LogP contribution in [0.2, 0.25) is 0 Å². The molecule has 0 radical (unpaired) electrons. The minimum Gasteiger partial charge on any atom is -0.346 e. The second-order valence-electron chi connectivity index (χ2n) is 6.75. The number of H-pyrrole nitrogens is 1. The fourth-order valence-electron chi connectivity index (χ4n) is 3.71. The zero-order chi connectivity index (χ0) is 17.4. The molecular weight excluding hydrogens is 312 g/mol. The molecule has 2 aromatic heterocycles. The number of nitrogens with two attached hydrogens (primary N) is 1. The summed E-state index contributed by atoms with van der Waals surface area (Å²) in [5.41, 5.74) is 10.1. The highest BCUT2D eigenvalue weighted by atomic mass is 15.3. The molecule has 6 nitrogen and oxygen atoms in total. The number of imidazole rings is 1. The first-order chi connectivity index (χ1) is 12.2. The first-order valence-electron chi connectivity index (χ1n) is 8.92. The van der Waals surface area contributed by atoms with Gasteiger partial charge in [0.15, 0.2) is 0 Å². The molecule has 3 heterocycles. The summed E-state index contributed by atoms with van der Waals surface area (Å²) in [6, 6.07) is 8.57. The normalized spacial score (nSPS) is 17.6. The third-order valence-corrected chi connectivity index (χ3v) is 4.87. The maximum absolute atomic E-state index is 5.70. The van der Waals surface area contributed by atoms with Crippen LogP contribution in [-0.4, -0.2) is 33.0 Å². The van der Waals surface area contributed by atoms with Crippen molar-refractivity contribution in [2.45, 2.75) is 39.2 Å². The summed E-state index contributed by atoms with van der Waals surface area (Å²) in [6.07, 6.45) is 2.99. The molecule has 3 N–H and O–H groups in total. The van der Waals surface area contributed by atoms with Crippen LogP contribution in [-0.2, 0) is 6.42 Å². The number of aromatic nitrogens is 4. The number of rotatable bonds is 4. The summed E-state index contributed by atoms with van der Waals surface area (Å²) in [5, 5.41) is 0. The minimum atomic E-state index is 0.229. The summed E-state index contributed by atoms with van der Waals surface area (Å²) in [4.78, 5) is 19.9. The van der Waals surface area contributed by atoms with E-state index in [9.17, 15) is 0 Å². The average Bonchev–Trinajstić information content (AvgIpc) is 3.22. The first-order valence-corrected chi connectivity index (χ1v) is 8.92. The molecular formula is C19H24N6. The topological polar surface area (TPSA) is 83.7 Å². The van der Waals surface area contributed by atoms with E-state index in [0.717, 1.165) is 60.0 Å². The molecule has 4 rings (SSSR count). The van der Waals surface area contributed by atoms with Crippen molar-refractivity contribution in [3.8, 4) is 0 Å². The van der Waals surface area contributed by atoms with Crippen molar-refractivity contribution in [3.05, 3.63) is 47.2 Å². The average molecular weight is 336 g/mol. The molecule has 0 amide bonds. The third kappa shape index (κ3) is 2.98. The van der Waals surface area contributed by atoms with Crippen molar-refractivity contribution in [1.29, 1.82) is 0 Å². The first kappa shape index (κ1) is 16.0. The van der Waals surface area contributed by atoms with E-state index in [1.165, 1.54) is 5.56 Å². The molecule has 0 aliphatic carbocycles. The number of aryl methyl sites for hydroxylation is 2. The van der Waals surface area contributed by atoms with E-state index < -0.39 is 0 Å². The summed E-state index contributed by atoms with van der Waals surface area (Å²) >= 11 is 0. The molecule has 1 fully saturated rings. The second kappa shape index (κ2) is 6.44. The third-order valence-electron chi connectivity index (χ3n) is 4.87. The molecule has 25 heavy (non-hydrogen) atoms. The van der Waals surface area contributed by atoms with Crippen LogP contribution in [0.25, 0.3) is 11.0 Å². The number of fused-ring (bicyclic) bond motifs is 1. The Labute approximate surface area is 147 Å². The van der Waals surface area contributed by atoms with Gasteiger partial charge in [0.05, 0.1) is 17.1 Å². The van der Waals surface area contributed by atoms with Crippen molar-refractivity contribution in [1.82, 2.24) is 19.9 Å². The van der Waals surface area contributed by atoms with Gasteiger partial charge in [-0.3, -0.25) is 0 Å². The molecule has 0 spiro atoms. The van der Waals surface area contributed by atoms with Crippen LogP contribution < -0.4 is 10.6 Å². The van der Waals surface area contributed by atoms with E-state index in [0.29, 0.717) is 6.54 Å². The fourth-order valence-corrected chi connectivity index (χ4v) is 3.71. The second-order valence-corrected chi connectivity index (χ2v) is 6.75. The van der Waals surface area contributed by atoms with Crippen LogP contribution >= 0.6 is 0 Å². The number of para-hydroxylation sites is 1. The number of anilines is 1. The lowest BCUT2D eigenvalue weighted by Gasteiger charge is -2.24. The summed E-state index contributed by atoms with van der Waals surface area (Å²) in [5.74, 6) is 2.81. The van der Waals surface area contributed by atoms with Crippen molar-refractivity contribution in [3.63, 3.8) is 0 Å². The van der Waals surface area contributed by atoms with Gasteiger partial charge in [0, 0.05) is 24.7 Å². The lowest BCUT2D eigenvalue weighted by atomic mass is 10.2. The number of aromatic amines is 1. The number of hydrogen-bond donors (Lipinski definition) is 2. The van der Waals surface area contributed by atoms with Gasteiger partial charge in [0.25, 0.3) is 0 Å². The maximum Gasteiger partial charge on any atom is 0.133 e. The van der Waals surface area contributed by atoms with Gasteiger partial charge in [-0.05, 0) is 44.9 Å². The monoisotopic (exact) mass is 336 g/mol. The number of benzene rings is 1. The van der Waals surface area contributed by atoms with E-state index in [1.807, 2.05) is 6.92 Å². The zero-order valence-electron chi connectivity index (χ0n) is 14.8. The number of nitrogens with zero attached hydrogens (tertiary/aromatic N) is 4. The highest BCUT2D eigenvalue weighted by Crippen LogP contribution is 2.35. The predicted molar refractivity (Wildman–Crippen MR) is 99.7 cm³/mol. The summed E-state index contributed by atoms with van der Waals surface area (Å²) in [7, 11) is 0. The van der Waals surface area contributed by atoms with Crippen LogP contribution in [0.15, 0.2) is 24.3 Å². The summed E-state index contributed by atoms with van der Waals surface area (Å²) < 4.78 is 0. The Balaban J connectivity index is 1.71. The van der Waals surface area contributed by atoms with Gasteiger partial charge >= 0.3 is 0 Å². The van der Waals surface area contributed by atoms with E-state index in [4.69, 9.17) is 10.7 Å². The maximum atomic E-state index is 5.70. The van der Waals surface area contributed by atoms with E-state index >= 15 is 0 Å². The van der Waals surface area contributed by atoms with Crippen LogP contribution in [0.4, 0.5) is 5.82 Å².